The SMILES string of the molecule is O=C(NCCc1coc(-c2ccc(F)cc2)n1)Nc1nc(-c2ccccc2)cs1. The van der Waals surface area contributed by atoms with Gasteiger partial charge >= 0.3 is 6.03 Å². The number of carbonyl (C=O) groups is 1. The van der Waals surface area contributed by atoms with Crippen LogP contribution >= 0.6 is 11.3 Å². The van der Waals surface area contributed by atoms with Crippen LogP contribution in [-0.4, -0.2) is 22.5 Å². The zero-order chi connectivity index (χ0) is 20.1. The molecule has 0 fully saturated rings. The van der Waals surface area contributed by atoms with Crippen molar-refractivity contribution < 1.29 is 13.6 Å². The van der Waals surface area contributed by atoms with Gasteiger partial charge in [-0.05, 0) is 24.3 Å². The number of hydrogen-bond donors (Lipinski definition) is 2. The van der Waals surface area contributed by atoms with Crippen LogP contribution in [0.5, 0.6) is 0 Å². The summed E-state index contributed by atoms with van der Waals surface area (Å²) in [5.41, 5.74) is 3.22. The Labute approximate surface area is 170 Å². The number of hydrogen-bond acceptors (Lipinski definition) is 5. The highest BCUT2D eigenvalue weighted by Crippen LogP contribution is 2.24. The standard InChI is InChI=1S/C21H17FN4O2S/c22-16-8-6-15(7-9-16)19-24-17(12-28-19)10-11-23-20(27)26-21-25-18(13-29-21)14-4-2-1-3-5-14/h1-9,12-13H,10-11H2,(H2,23,25,26,27). The molecular formula is C21H17FN4O2S. The van der Waals surface area contributed by atoms with Crippen molar-refractivity contribution in [3.05, 3.63) is 77.8 Å². The maximum absolute atomic E-state index is 13.0. The molecule has 0 bridgehead atoms. The van der Waals surface area contributed by atoms with Crippen LogP contribution in [0, 0.1) is 5.82 Å². The van der Waals surface area contributed by atoms with Gasteiger partial charge in [-0.15, -0.1) is 11.3 Å². The molecule has 0 radical (unpaired) electrons. The zero-order valence-corrected chi connectivity index (χ0v) is 16.1. The molecule has 4 rings (SSSR count). The van der Waals surface area contributed by atoms with Crippen molar-refractivity contribution in [1.82, 2.24) is 15.3 Å². The molecule has 146 valence electrons. The Balaban J connectivity index is 1.26. The molecule has 0 spiro atoms. The summed E-state index contributed by atoms with van der Waals surface area (Å²) in [5.74, 6) is 0.104. The summed E-state index contributed by atoms with van der Waals surface area (Å²) in [5, 5.41) is 7.93. The van der Waals surface area contributed by atoms with E-state index >= 15 is 0 Å². The summed E-state index contributed by atoms with van der Waals surface area (Å²) in [6, 6.07) is 15.4. The molecule has 0 saturated heterocycles. The minimum Gasteiger partial charge on any atom is -0.444 e. The van der Waals surface area contributed by atoms with Crippen LogP contribution < -0.4 is 10.6 Å². The second kappa shape index (κ2) is 8.66. The number of carbonyl (C=O) groups excluding carboxylic acids is 1. The first-order valence-electron chi connectivity index (χ1n) is 8.93. The quantitative estimate of drug-likeness (QED) is 0.472. The van der Waals surface area contributed by atoms with Crippen molar-refractivity contribution in [2.45, 2.75) is 6.42 Å². The third-order valence-corrected chi connectivity index (χ3v) is 4.86. The molecule has 2 N–H and O–H groups in total. The Morgan fingerprint density at radius 1 is 1.03 bits per heavy atom. The molecule has 0 aliphatic rings. The summed E-state index contributed by atoms with van der Waals surface area (Å²) in [6.07, 6.45) is 2.04. The second-order valence-corrected chi connectivity index (χ2v) is 7.04. The predicted molar refractivity (Wildman–Crippen MR) is 110 cm³/mol. The van der Waals surface area contributed by atoms with Gasteiger partial charge in [0.05, 0.1) is 11.4 Å². The molecule has 2 heterocycles. The van der Waals surface area contributed by atoms with Gasteiger partial charge in [-0.2, -0.15) is 0 Å². The fourth-order valence-electron chi connectivity index (χ4n) is 2.66. The fourth-order valence-corrected chi connectivity index (χ4v) is 3.38. The molecular weight excluding hydrogens is 391 g/mol. The summed E-state index contributed by atoms with van der Waals surface area (Å²) in [7, 11) is 0. The number of oxazole rings is 1. The number of benzene rings is 2. The zero-order valence-electron chi connectivity index (χ0n) is 15.3. The van der Waals surface area contributed by atoms with Crippen molar-refractivity contribution in [3.63, 3.8) is 0 Å². The molecule has 4 aromatic rings. The summed E-state index contributed by atoms with van der Waals surface area (Å²) in [6.45, 7) is 0.387. The minimum atomic E-state index is -0.332. The van der Waals surface area contributed by atoms with E-state index in [0.717, 1.165) is 11.3 Å². The van der Waals surface area contributed by atoms with Crippen LogP contribution in [-0.2, 0) is 6.42 Å². The van der Waals surface area contributed by atoms with Gasteiger partial charge in [-0.3, -0.25) is 5.32 Å². The van der Waals surface area contributed by atoms with Crippen LogP contribution in [0.1, 0.15) is 5.69 Å². The first-order chi connectivity index (χ1) is 14.2. The van der Waals surface area contributed by atoms with Crippen molar-refractivity contribution in [3.8, 4) is 22.7 Å². The van der Waals surface area contributed by atoms with Crippen molar-refractivity contribution in [2.24, 2.45) is 0 Å². The Morgan fingerprint density at radius 3 is 2.62 bits per heavy atom. The number of nitrogens with zero attached hydrogens (tertiary/aromatic N) is 2. The van der Waals surface area contributed by atoms with Gasteiger partial charge < -0.3 is 9.73 Å². The highest BCUT2D eigenvalue weighted by atomic mass is 32.1. The van der Waals surface area contributed by atoms with Crippen molar-refractivity contribution >= 4 is 22.5 Å². The van der Waals surface area contributed by atoms with E-state index in [4.69, 9.17) is 4.42 Å². The minimum absolute atomic E-state index is 0.313. The number of halogens is 1. The molecule has 0 saturated carbocycles. The highest BCUT2D eigenvalue weighted by molar-refractivity contribution is 7.14. The topological polar surface area (TPSA) is 80.0 Å². The van der Waals surface area contributed by atoms with E-state index in [2.05, 4.69) is 20.6 Å². The third-order valence-electron chi connectivity index (χ3n) is 4.10. The van der Waals surface area contributed by atoms with E-state index in [9.17, 15) is 9.18 Å². The Hall–Kier alpha value is -3.52. The lowest BCUT2D eigenvalue weighted by Gasteiger charge is -2.03. The van der Waals surface area contributed by atoms with E-state index in [1.165, 1.54) is 29.7 Å². The monoisotopic (exact) mass is 408 g/mol. The molecule has 8 heteroatoms. The highest BCUT2D eigenvalue weighted by Gasteiger charge is 2.09. The number of rotatable bonds is 6. The molecule has 29 heavy (non-hydrogen) atoms. The number of nitrogens with one attached hydrogen (secondary N) is 2. The van der Waals surface area contributed by atoms with E-state index in [1.807, 2.05) is 35.7 Å². The average molecular weight is 408 g/mol. The maximum Gasteiger partial charge on any atom is 0.321 e. The summed E-state index contributed by atoms with van der Waals surface area (Å²) in [4.78, 5) is 20.9. The lowest BCUT2D eigenvalue weighted by Crippen LogP contribution is -2.30. The summed E-state index contributed by atoms with van der Waals surface area (Å²) >= 11 is 1.37. The van der Waals surface area contributed by atoms with E-state index < -0.39 is 0 Å². The average Bonchev–Trinajstić information content (AvgIpc) is 3.39. The second-order valence-electron chi connectivity index (χ2n) is 6.19. The van der Waals surface area contributed by atoms with Crippen LogP contribution in [0.15, 0.2) is 70.7 Å². The van der Waals surface area contributed by atoms with Gasteiger partial charge in [0.1, 0.15) is 12.1 Å². The number of aromatic nitrogens is 2. The Kier molecular flexibility index (Phi) is 5.62. The molecule has 0 aliphatic heterocycles. The van der Waals surface area contributed by atoms with Gasteiger partial charge in [0.2, 0.25) is 5.89 Å². The van der Waals surface area contributed by atoms with Crippen molar-refractivity contribution in [1.29, 1.82) is 0 Å². The van der Waals surface area contributed by atoms with E-state index in [1.54, 1.807) is 12.1 Å². The first-order valence-corrected chi connectivity index (χ1v) is 9.81. The number of urea groups is 1. The molecule has 0 atom stereocenters. The maximum atomic E-state index is 13.0. The number of anilines is 1. The number of thiazole rings is 1. The third kappa shape index (κ3) is 4.85. The largest absolute Gasteiger partial charge is 0.444 e. The van der Waals surface area contributed by atoms with Gasteiger partial charge in [0.15, 0.2) is 5.13 Å². The fraction of sp³-hybridized carbons (Fsp3) is 0.0952. The molecule has 2 amide bonds. The lowest BCUT2D eigenvalue weighted by atomic mass is 10.2. The van der Waals surface area contributed by atoms with Gasteiger partial charge in [0.25, 0.3) is 0 Å². The van der Waals surface area contributed by atoms with Gasteiger partial charge in [-0.25, -0.2) is 19.2 Å². The van der Waals surface area contributed by atoms with Crippen LogP contribution in [0.3, 0.4) is 0 Å². The van der Waals surface area contributed by atoms with E-state index in [0.29, 0.717) is 35.2 Å². The smallest absolute Gasteiger partial charge is 0.321 e. The molecule has 0 unspecified atom stereocenters. The predicted octanol–water partition coefficient (Wildman–Crippen LogP) is 4.97. The van der Waals surface area contributed by atoms with Crippen LogP contribution in [0.2, 0.25) is 0 Å². The Morgan fingerprint density at radius 2 is 1.83 bits per heavy atom. The van der Waals surface area contributed by atoms with E-state index in [-0.39, 0.29) is 11.8 Å². The lowest BCUT2D eigenvalue weighted by molar-refractivity contribution is 0.252. The molecule has 0 aliphatic carbocycles. The molecule has 6 nitrogen and oxygen atoms in total. The molecule has 2 aromatic heterocycles. The van der Waals surface area contributed by atoms with Crippen molar-refractivity contribution in [2.75, 3.05) is 11.9 Å². The molecule has 2 aromatic carbocycles. The normalized spacial score (nSPS) is 10.7. The van der Waals surface area contributed by atoms with Crippen LogP contribution in [0.25, 0.3) is 22.7 Å². The van der Waals surface area contributed by atoms with Crippen LogP contribution in [0.4, 0.5) is 14.3 Å². The number of amides is 2. The Bertz CT molecular complexity index is 1090. The van der Waals surface area contributed by atoms with Gasteiger partial charge in [-0.1, -0.05) is 30.3 Å². The first kappa shape index (κ1) is 18.8. The van der Waals surface area contributed by atoms with Gasteiger partial charge in [0, 0.05) is 29.5 Å². The summed E-state index contributed by atoms with van der Waals surface area (Å²) < 4.78 is 18.4.